The van der Waals surface area contributed by atoms with E-state index in [-0.39, 0.29) is 11.4 Å². The number of hydrogen-bond acceptors (Lipinski definition) is 3. The topological polar surface area (TPSA) is 45.9 Å². The first kappa shape index (κ1) is 13.3. The van der Waals surface area contributed by atoms with Gasteiger partial charge in [0.05, 0.1) is 0 Å². The van der Waals surface area contributed by atoms with Gasteiger partial charge in [0.25, 0.3) is 0 Å². The van der Waals surface area contributed by atoms with Gasteiger partial charge >= 0.3 is 6.18 Å². The van der Waals surface area contributed by atoms with Crippen LogP contribution < -0.4 is 4.74 Å². The normalized spacial score (nSPS) is 12.1. The molecule has 0 radical (unpaired) electrons. The van der Waals surface area contributed by atoms with Crippen LogP contribution in [0.15, 0.2) is 12.1 Å². The predicted molar refractivity (Wildman–Crippen MR) is 54.3 cm³/mol. The molecule has 3 nitrogen and oxygen atoms in total. The van der Waals surface area contributed by atoms with Gasteiger partial charge in [0.2, 0.25) is 5.88 Å². The van der Waals surface area contributed by atoms with E-state index >= 15 is 0 Å². The van der Waals surface area contributed by atoms with Crippen LogP contribution in [0.25, 0.3) is 0 Å². The summed E-state index contributed by atoms with van der Waals surface area (Å²) < 4.78 is 42.5. The lowest BCUT2D eigenvalue weighted by Gasteiger charge is -2.21. The Morgan fingerprint density at radius 1 is 1.24 bits per heavy atom. The highest BCUT2D eigenvalue weighted by Crippen LogP contribution is 2.30. The second-order valence-corrected chi connectivity index (χ2v) is 4.37. The first-order valence-corrected chi connectivity index (χ1v) is 4.81. The second-order valence-electron chi connectivity index (χ2n) is 4.37. The summed E-state index contributed by atoms with van der Waals surface area (Å²) in [5.74, 6) is -0.296. The van der Waals surface area contributed by atoms with Gasteiger partial charge in [-0.15, -0.1) is 0 Å². The molecular formula is C11H11F3N2O. The Labute approximate surface area is 96.8 Å². The zero-order valence-corrected chi connectivity index (χ0v) is 9.59. The van der Waals surface area contributed by atoms with Crippen molar-refractivity contribution >= 4 is 0 Å². The maximum absolute atomic E-state index is 12.4. The van der Waals surface area contributed by atoms with Crippen molar-refractivity contribution in [2.75, 3.05) is 0 Å². The lowest BCUT2D eigenvalue weighted by atomic mass is 10.2. The molecule has 0 amide bonds. The van der Waals surface area contributed by atoms with E-state index < -0.39 is 17.5 Å². The second kappa shape index (κ2) is 4.24. The zero-order valence-electron chi connectivity index (χ0n) is 9.59. The summed E-state index contributed by atoms with van der Waals surface area (Å²) >= 11 is 0. The van der Waals surface area contributed by atoms with Crippen LogP contribution in [0.3, 0.4) is 0 Å². The summed E-state index contributed by atoms with van der Waals surface area (Å²) in [6.07, 6.45) is -4.55. The van der Waals surface area contributed by atoms with Crippen molar-refractivity contribution in [1.82, 2.24) is 4.98 Å². The largest absolute Gasteiger partial charge is 0.471 e. The van der Waals surface area contributed by atoms with Crippen LogP contribution in [0.5, 0.6) is 5.88 Å². The van der Waals surface area contributed by atoms with Crippen LogP contribution in [0.4, 0.5) is 13.2 Å². The molecule has 0 saturated heterocycles. The molecule has 0 atom stereocenters. The average molecular weight is 244 g/mol. The summed E-state index contributed by atoms with van der Waals surface area (Å²) in [5.41, 5.74) is -1.81. The molecule has 6 heteroatoms. The summed E-state index contributed by atoms with van der Waals surface area (Å²) in [7, 11) is 0. The Balaban J connectivity index is 3.22. The molecule has 0 aliphatic carbocycles. The minimum atomic E-state index is -4.55. The molecule has 1 heterocycles. The van der Waals surface area contributed by atoms with Crippen LogP contribution in [-0.2, 0) is 6.18 Å². The fraction of sp³-hybridized carbons (Fsp3) is 0.455. The summed E-state index contributed by atoms with van der Waals surface area (Å²) in [6, 6.07) is 3.55. The number of halogens is 3. The molecule has 92 valence electrons. The average Bonchev–Trinajstić information content (AvgIpc) is 2.13. The van der Waals surface area contributed by atoms with Gasteiger partial charge in [0.15, 0.2) is 0 Å². The fourth-order valence-corrected chi connectivity index (χ4v) is 1.05. The summed E-state index contributed by atoms with van der Waals surface area (Å²) in [6.45, 7) is 4.99. The van der Waals surface area contributed by atoms with E-state index in [0.29, 0.717) is 0 Å². The van der Waals surface area contributed by atoms with Crippen LogP contribution >= 0.6 is 0 Å². The lowest BCUT2D eigenvalue weighted by Crippen LogP contribution is -2.24. The fourth-order valence-electron chi connectivity index (χ4n) is 1.05. The Kier molecular flexibility index (Phi) is 3.32. The number of nitriles is 1. The molecule has 1 rings (SSSR count). The molecule has 0 fully saturated rings. The van der Waals surface area contributed by atoms with E-state index in [1.165, 1.54) is 0 Å². The first-order valence-electron chi connectivity index (χ1n) is 4.81. The molecule has 17 heavy (non-hydrogen) atoms. The maximum Gasteiger partial charge on any atom is 0.433 e. The summed E-state index contributed by atoms with van der Waals surface area (Å²) in [4.78, 5) is 3.33. The highest BCUT2D eigenvalue weighted by Gasteiger charge is 2.33. The number of hydrogen-bond donors (Lipinski definition) is 0. The molecular weight excluding hydrogens is 233 g/mol. The maximum atomic E-state index is 12.4. The third-order valence-corrected chi connectivity index (χ3v) is 1.67. The van der Waals surface area contributed by atoms with E-state index in [2.05, 4.69) is 4.98 Å². The number of aromatic nitrogens is 1. The molecule has 0 aliphatic rings. The number of pyridine rings is 1. The van der Waals surface area contributed by atoms with Gasteiger partial charge in [-0.25, -0.2) is 4.98 Å². The Morgan fingerprint density at radius 2 is 1.82 bits per heavy atom. The standard InChI is InChI=1S/C11H11F3N2O/c1-10(2,3)17-9-7(6-15)4-5-8(16-9)11(12,13)14/h4-5H,1-3H3. The van der Waals surface area contributed by atoms with Gasteiger partial charge in [-0.3, -0.25) is 0 Å². The highest BCUT2D eigenvalue weighted by molar-refractivity contribution is 5.39. The van der Waals surface area contributed by atoms with Crippen LogP contribution in [0.2, 0.25) is 0 Å². The minimum Gasteiger partial charge on any atom is -0.471 e. The number of rotatable bonds is 1. The highest BCUT2D eigenvalue weighted by atomic mass is 19.4. The van der Waals surface area contributed by atoms with Crippen molar-refractivity contribution < 1.29 is 17.9 Å². The van der Waals surface area contributed by atoms with E-state index in [1.807, 2.05) is 0 Å². The van der Waals surface area contributed by atoms with Gasteiger partial charge in [-0.2, -0.15) is 18.4 Å². The zero-order chi connectivity index (χ0) is 13.3. The monoisotopic (exact) mass is 244 g/mol. The van der Waals surface area contributed by atoms with Crippen LogP contribution in [0.1, 0.15) is 32.0 Å². The van der Waals surface area contributed by atoms with Gasteiger partial charge in [-0.1, -0.05) is 0 Å². The first-order chi connectivity index (χ1) is 7.63. The smallest absolute Gasteiger partial charge is 0.433 e. The van der Waals surface area contributed by atoms with Crippen LogP contribution in [-0.4, -0.2) is 10.6 Å². The van der Waals surface area contributed by atoms with Gasteiger partial charge in [0, 0.05) is 0 Å². The molecule has 0 aromatic carbocycles. The van der Waals surface area contributed by atoms with E-state index in [9.17, 15) is 13.2 Å². The Morgan fingerprint density at radius 3 is 2.24 bits per heavy atom. The summed E-state index contributed by atoms with van der Waals surface area (Å²) in [5, 5.41) is 8.76. The molecule has 0 aliphatic heterocycles. The van der Waals surface area contributed by atoms with Gasteiger partial charge < -0.3 is 4.74 Å². The predicted octanol–water partition coefficient (Wildman–Crippen LogP) is 3.15. The molecule has 1 aromatic heterocycles. The van der Waals surface area contributed by atoms with Gasteiger partial charge in [-0.05, 0) is 32.9 Å². The van der Waals surface area contributed by atoms with Crippen molar-refractivity contribution in [3.8, 4) is 11.9 Å². The van der Waals surface area contributed by atoms with Crippen molar-refractivity contribution in [1.29, 1.82) is 5.26 Å². The van der Waals surface area contributed by atoms with E-state index in [1.54, 1.807) is 26.8 Å². The Hall–Kier alpha value is -1.77. The van der Waals surface area contributed by atoms with Crippen molar-refractivity contribution in [3.05, 3.63) is 23.4 Å². The van der Waals surface area contributed by atoms with E-state index in [0.717, 1.165) is 12.1 Å². The molecule has 0 saturated carbocycles. The molecule has 0 N–H and O–H groups in total. The minimum absolute atomic E-state index is 0.0204. The SMILES string of the molecule is CC(C)(C)Oc1nc(C(F)(F)F)ccc1C#N. The number of alkyl halides is 3. The van der Waals surface area contributed by atoms with Crippen molar-refractivity contribution in [2.24, 2.45) is 0 Å². The van der Waals surface area contributed by atoms with Gasteiger partial charge in [0.1, 0.15) is 22.9 Å². The lowest BCUT2D eigenvalue weighted by molar-refractivity contribution is -0.141. The number of nitrogens with zero attached hydrogens (tertiary/aromatic N) is 2. The van der Waals surface area contributed by atoms with Crippen molar-refractivity contribution in [2.45, 2.75) is 32.5 Å². The van der Waals surface area contributed by atoms with E-state index in [4.69, 9.17) is 10.00 Å². The Bertz CT molecular complexity index is 455. The quantitative estimate of drug-likeness (QED) is 0.762. The third kappa shape index (κ3) is 3.63. The van der Waals surface area contributed by atoms with Crippen LogP contribution in [0, 0.1) is 11.3 Å². The third-order valence-electron chi connectivity index (χ3n) is 1.67. The molecule has 0 spiro atoms. The molecule has 0 unspecified atom stereocenters. The number of ether oxygens (including phenoxy) is 1. The van der Waals surface area contributed by atoms with Crippen molar-refractivity contribution in [3.63, 3.8) is 0 Å². The molecule has 1 aromatic rings. The molecule has 0 bridgehead atoms.